The van der Waals surface area contributed by atoms with Crippen molar-refractivity contribution in [2.45, 2.75) is 12.6 Å². The Bertz CT molecular complexity index is 731. The number of guanidine groups is 1. The molecule has 0 atom stereocenters. The number of aromatic nitrogens is 1. The molecule has 1 aromatic heterocycles. The summed E-state index contributed by atoms with van der Waals surface area (Å²) in [6.45, 7) is 1.60. The Morgan fingerprint density at radius 2 is 1.96 bits per heavy atom. The first-order valence-electron chi connectivity index (χ1n) is 8.24. The number of hydrogen-bond donors (Lipinski definition) is 2. The maximum Gasteiger partial charge on any atom is 0.434 e. The van der Waals surface area contributed by atoms with Crippen LogP contribution >= 0.6 is 23.1 Å². The van der Waals surface area contributed by atoms with Crippen molar-refractivity contribution >= 4 is 39.1 Å². The van der Waals surface area contributed by atoms with Crippen molar-refractivity contribution in [2.75, 3.05) is 50.5 Å². The van der Waals surface area contributed by atoms with Gasteiger partial charge < -0.3 is 10.6 Å². The fraction of sp³-hybridized carbons (Fsp3) is 0.714. The minimum absolute atomic E-state index is 0.0419. The van der Waals surface area contributed by atoms with Gasteiger partial charge in [0.15, 0.2) is 11.7 Å². The molecule has 0 saturated carbocycles. The van der Waals surface area contributed by atoms with Gasteiger partial charge in [-0.1, -0.05) is 0 Å². The van der Waals surface area contributed by atoms with E-state index in [1.807, 2.05) is 0 Å². The molecule has 0 radical (unpaired) electrons. The first kappa shape index (κ1) is 22.2. The van der Waals surface area contributed by atoms with Gasteiger partial charge in [0, 0.05) is 56.5 Å². The predicted octanol–water partition coefficient (Wildman–Crippen LogP) is 1.25. The van der Waals surface area contributed by atoms with Crippen LogP contribution < -0.4 is 10.6 Å². The Morgan fingerprint density at radius 3 is 2.56 bits per heavy atom. The van der Waals surface area contributed by atoms with E-state index >= 15 is 0 Å². The molecule has 0 bridgehead atoms. The second kappa shape index (κ2) is 9.94. The lowest BCUT2D eigenvalue weighted by Crippen LogP contribution is -2.44. The standard InChI is InChI=1S/C14H22F3N5O2S3/c1-18-13(19-3-2-12-21-11(10-26-12)14(15,16)17)20-4-9-27(23,24)22-5-7-25-8-6-22/h10H,2-9H2,1H3,(H2,18,19,20). The maximum absolute atomic E-state index is 12.5. The molecule has 7 nitrogen and oxygen atoms in total. The minimum atomic E-state index is -4.43. The number of aliphatic imine (C=N–C) groups is 1. The topological polar surface area (TPSA) is 86.7 Å². The molecule has 1 aliphatic heterocycles. The first-order chi connectivity index (χ1) is 12.7. The average molecular weight is 446 g/mol. The second-order valence-electron chi connectivity index (χ2n) is 5.63. The highest BCUT2D eigenvalue weighted by molar-refractivity contribution is 7.99. The number of rotatable bonds is 7. The van der Waals surface area contributed by atoms with E-state index in [4.69, 9.17) is 0 Å². The van der Waals surface area contributed by atoms with Crippen molar-refractivity contribution in [1.82, 2.24) is 19.9 Å². The molecule has 1 aromatic rings. The van der Waals surface area contributed by atoms with Crippen LogP contribution in [-0.2, 0) is 22.6 Å². The quantitative estimate of drug-likeness (QED) is 0.485. The minimum Gasteiger partial charge on any atom is -0.356 e. The van der Waals surface area contributed by atoms with E-state index in [2.05, 4.69) is 20.6 Å². The number of sulfonamides is 1. The van der Waals surface area contributed by atoms with Crippen molar-refractivity contribution in [2.24, 2.45) is 4.99 Å². The normalized spacial score (nSPS) is 17.1. The summed E-state index contributed by atoms with van der Waals surface area (Å²) in [6.07, 6.45) is -4.12. The number of nitrogens with zero attached hydrogens (tertiary/aromatic N) is 3. The van der Waals surface area contributed by atoms with E-state index in [1.165, 1.54) is 11.4 Å². The zero-order valence-corrected chi connectivity index (χ0v) is 17.2. The Kier molecular flexibility index (Phi) is 8.19. The van der Waals surface area contributed by atoms with E-state index in [9.17, 15) is 21.6 Å². The van der Waals surface area contributed by atoms with Gasteiger partial charge in [-0.15, -0.1) is 11.3 Å². The van der Waals surface area contributed by atoms with E-state index < -0.39 is 21.9 Å². The lowest BCUT2D eigenvalue weighted by atomic mass is 10.4. The summed E-state index contributed by atoms with van der Waals surface area (Å²) in [7, 11) is -1.76. The molecule has 1 saturated heterocycles. The van der Waals surface area contributed by atoms with Crippen molar-refractivity contribution in [3.05, 3.63) is 16.1 Å². The van der Waals surface area contributed by atoms with Gasteiger partial charge in [0.2, 0.25) is 10.0 Å². The molecule has 154 valence electrons. The van der Waals surface area contributed by atoms with Crippen molar-refractivity contribution in [3.8, 4) is 0 Å². The largest absolute Gasteiger partial charge is 0.434 e. The highest BCUT2D eigenvalue weighted by Crippen LogP contribution is 2.29. The first-order valence-corrected chi connectivity index (χ1v) is 11.9. The Balaban J connectivity index is 1.72. The maximum atomic E-state index is 12.5. The SMILES string of the molecule is CN=C(NCCc1nc(C(F)(F)F)cs1)NCCS(=O)(=O)N1CCSCC1. The molecule has 0 aliphatic carbocycles. The molecule has 0 spiro atoms. The number of nitrogens with one attached hydrogen (secondary N) is 2. The highest BCUT2D eigenvalue weighted by Gasteiger charge is 2.33. The van der Waals surface area contributed by atoms with Gasteiger partial charge >= 0.3 is 6.18 Å². The van der Waals surface area contributed by atoms with Gasteiger partial charge in [0.05, 0.1) is 10.8 Å². The summed E-state index contributed by atoms with van der Waals surface area (Å²) in [6, 6.07) is 0. The highest BCUT2D eigenvalue weighted by atomic mass is 32.2. The van der Waals surface area contributed by atoms with Gasteiger partial charge in [-0.05, 0) is 0 Å². The van der Waals surface area contributed by atoms with E-state index in [0.717, 1.165) is 28.2 Å². The Labute approximate surface area is 164 Å². The smallest absolute Gasteiger partial charge is 0.356 e. The monoisotopic (exact) mass is 445 g/mol. The van der Waals surface area contributed by atoms with Gasteiger partial charge in [-0.2, -0.15) is 24.9 Å². The molecule has 0 aromatic carbocycles. The summed E-state index contributed by atoms with van der Waals surface area (Å²) in [4.78, 5) is 7.54. The predicted molar refractivity (Wildman–Crippen MR) is 103 cm³/mol. The summed E-state index contributed by atoms with van der Waals surface area (Å²) in [5.74, 6) is 1.97. The second-order valence-corrected chi connectivity index (χ2v) is 9.88. The summed E-state index contributed by atoms with van der Waals surface area (Å²) in [5, 5.41) is 7.22. The van der Waals surface area contributed by atoms with Gasteiger partial charge in [-0.25, -0.2) is 17.7 Å². The van der Waals surface area contributed by atoms with Crippen LogP contribution in [0.25, 0.3) is 0 Å². The summed E-state index contributed by atoms with van der Waals surface area (Å²) < 4.78 is 63.6. The third-order valence-electron chi connectivity index (χ3n) is 3.71. The van der Waals surface area contributed by atoms with Crippen LogP contribution in [0, 0.1) is 0 Å². The molecule has 0 unspecified atom stereocenters. The molecular weight excluding hydrogens is 423 g/mol. The van der Waals surface area contributed by atoms with Crippen LogP contribution in [0.4, 0.5) is 13.2 Å². The molecule has 1 aliphatic rings. The summed E-state index contributed by atoms with van der Waals surface area (Å²) in [5.41, 5.74) is -0.883. The zero-order chi connectivity index (χ0) is 19.9. The molecule has 2 rings (SSSR count). The average Bonchev–Trinajstić information content (AvgIpc) is 3.10. The molecule has 2 N–H and O–H groups in total. The van der Waals surface area contributed by atoms with Gasteiger partial charge in [-0.3, -0.25) is 4.99 Å². The zero-order valence-electron chi connectivity index (χ0n) is 14.8. The van der Waals surface area contributed by atoms with Crippen molar-refractivity contribution < 1.29 is 21.6 Å². The van der Waals surface area contributed by atoms with Crippen LogP contribution in [0.2, 0.25) is 0 Å². The van der Waals surface area contributed by atoms with Crippen molar-refractivity contribution in [1.29, 1.82) is 0 Å². The Hall–Kier alpha value is -1.05. The van der Waals surface area contributed by atoms with Crippen LogP contribution in [0.1, 0.15) is 10.7 Å². The van der Waals surface area contributed by atoms with E-state index in [-0.39, 0.29) is 12.3 Å². The van der Waals surface area contributed by atoms with E-state index in [1.54, 1.807) is 11.8 Å². The third kappa shape index (κ3) is 7.12. The van der Waals surface area contributed by atoms with Crippen LogP contribution in [0.15, 0.2) is 10.4 Å². The fourth-order valence-electron chi connectivity index (χ4n) is 2.32. The molecular formula is C14H22F3N5O2S3. The van der Waals surface area contributed by atoms with E-state index in [0.29, 0.717) is 37.0 Å². The van der Waals surface area contributed by atoms with Gasteiger partial charge in [0.25, 0.3) is 0 Å². The molecule has 1 fully saturated rings. The molecule has 0 amide bonds. The molecule has 27 heavy (non-hydrogen) atoms. The number of thioether (sulfide) groups is 1. The Morgan fingerprint density at radius 1 is 1.30 bits per heavy atom. The van der Waals surface area contributed by atoms with Gasteiger partial charge in [0.1, 0.15) is 0 Å². The van der Waals surface area contributed by atoms with Crippen LogP contribution in [-0.4, -0.2) is 74.2 Å². The molecule has 13 heteroatoms. The lowest BCUT2D eigenvalue weighted by Gasteiger charge is -2.25. The van der Waals surface area contributed by atoms with Crippen LogP contribution in [0.5, 0.6) is 0 Å². The lowest BCUT2D eigenvalue weighted by molar-refractivity contribution is -0.140. The van der Waals surface area contributed by atoms with Crippen LogP contribution in [0.3, 0.4) is 0 Å². The third-order valence-corrected chi connectivity index (χ3v) is 7.44. The number of thiazole rings is 1. The van der Waals surface area contributed by atoms with Crippen molar-refractivity contribution in [3.63, 3.8) is 0 Å². The number of halogens is 3. The summed E-state index contributed by atoms with van der Waals surface area (Å²) >= 11 is 2.69. The fourth-order valence-corrected chi connectivity index (χ4v) is 5.61. The molecule has 2 heterocycles. The number of alkyl halides is 3. The number of hydrogen-bond acceptors (Lipinski definition) is 6.